The summed E-state index contributed by atoms with van der Waals surface area (Å²) >= 11 is 0. The molecule has 1 heterocycles. The summed E-state index contributed by atoms with van der Waals surface area (Å²) in [5, 5.41) is 14.5. The molecule has 0 spiro atoms. The Balaban J connectivity index is 1.97. The molecule has 0 fully saturated rings. The fourth-order valence-corrected chi connectivity index (χ4v) is 1.55. The van der Waals surface area contributed by atoms with Crippen LogP contribution in [-0.2, 0) is 0 Å². The number of benzene rings is 1. The van der Waals surface area contributed by atoms with E-state index < -0.39 is 10.8 Å². The van der Waals surface area contributed by atoms with E-state index in [9.17, 15) is 14.9 Å². The van der Waals surface area contributed by atoms with Crippen LogP contribution in [0.1, 0.15) is 16.1 Å². The maximum atomic E-state index is 11.8. The molecule has 1 aromatic heterocycles. The number of nitro groups is 1. The summed E-state index contributed by atoms with van der Waals surface area (Å²) in [7, 11) is 0. The van der Waals surface area contributed by atoms with Gasteiger partial charge in [-0.05, 0) is 30.4 Å². The van der Waals surface area contributed by atoms with Gasteiger partial charge in [0, 0.05) is 12.3 Å². The predicted octanol–water partition coefficient (Wildman–Crippen LogP) is 2.62. The normalized spacial score (nSPS) is 11.0. The van der Waals surface area contributed by atoms with Gasteiger partial charge in [0.25, 0.3) is 11.6 Å². The fourth-order valence-electron chi connectivity index (χ4n) is 1.55. The second kappa shape index (κ2) is 6.80. The van der Waals surface area contributed by atoms with Gasteiger partial charge in [-0.15, -0.1) is 0 Å². The number of nitro benzene ring substituents is 1. The molecule has 0 unspecified atom stereocenters. The molecule has 0 aliphatic rings. The Labute approximate surface area is 119 Å². The van der Waals surface area contributed by atoms with Crippen molar-refractivity contribution in [3.05, 3.63) is 70.2 Å². The first kappa shape index (κ1) is 14.2. The molecule has 0 aliphatic carbocycles. The average molecular weight is 285 g/mol. The molecule has 1 aromatic carbocycles. The molecule has 0 saturated heterocycles. The first-order chi connectivity index (χ1) is 10.2. The molecule has 0 aliphatic heterocycles. The standard InChI is InChI=1S/C14H11N3O4/c18-14(12-7-1-2-8-13(12)17(19)20)16-15-9-3-5-11-6-4-10-21-11/h1-10H,(H,16,18)/b5-3+,15-9+. The molecule has 1 amide bonds. The minimum Gasteiger partial charge on any atom is -0.465 e. The number of para-hydroxylation sites is 1. The maximum Gasteiger partial charge on any atom is 0.282 e. The Hall–Kier alpha value is -3.22. The van der Waals surface area contributed by atoms with Crippen LogP contribution >= 0.6 is 0 Å². The van der Waals surface area contributed by atoms with E-state index >= 15 is 0 Å². The number of amides is 1. The number of furan rings is 1. The van der Waals surface area contributed by atoms with Crippen molar-refractivity contribution >= 4 is 23.9 Å². The Bertz CT molecular complexity index is 690. The predicted molar refractivity (Wildman–Crippen MR) is 76.8 cm³/mol. The van der Waals surface area contributed by atoms with Gasteiger partial charge in [-0.3, -0.25) is 14.9 Å². The van der Waals surface area contributed by atoms with Crippen molar-refractivity contribution in [3.8, 4) is 0 Å². The molecule has 21 heavy (non-hydrogen) atoms. The number of hydrogen-bond acceptors (Lipinski definition) is 5. The van der Waals surface area contributed by atoms with Crippen LogP contribution in [0.4, 0.5) is 5.69 Å². The molecule has 0 radical (unpaired) electrons. The lowest BCUT2D eigenvalue weighted by Gasteiger charge is -2.00. The van der Waals surface area contributed by atoms with Gasteiger partial charge in [-0.1, -0.05) is 12.1 Å². The largest absolute Gasteiger partial charge is 0.465 e. The van der Waals surface area contributed by atoms with Crippen LogP contribution < -0.4 is 5.43 Å². The van der Waals surface area contributed by atoms with Crippen LogP contribution in [0, 0.1) is 10.1 Å². The average Bonchev–Trinajstić information content (AvgIpc) is 3.00. The summed E-state index contributed by atoms with van der Waals surface area (Å²) in [6.07, 6.45) is 6.10. The fraction of sp³-hybridized carbons (Fsp3) is 0. The minimum absolute atomic E-state index is 0.0466. The second-order valence-electron chi connectivity index (χ2n) is 3.87. The lowest BCUT2D eigenvalue weighted by molar-refractivity contribution is -0.385. The van der Waals surface area contributed by atoms with Crippen LogP contribution in [0.25, 0.3) is 6.08 Å². The maximum absolute atomic E-state index is 11.8. The molecule has 0 bridgehead atoms. The minimum atomic E-state index is -0.648. The summed E-state index contributed by atoms with van der Waals surface area (Å²) in [6, 6.07) is 9.16. The second-order valence-corrected chi connectivity index (χ2v) is 3.87. The summed E-state index contributed by atoms with van der Waals surface area (Å²) in [5.41, 5.74) is 1.90. The number of nitrogens with zero attached hydrogens (tertiary/aromatic N) is 2. The van der Waals surface area contributed by atoms with E-state index in [4.69, 9.17) is 4.42 Å². The number of carbonyl (C=O) groups excluding carboxylic acids is 1. The molecule has 7 nitrogen and oxygen atoms in total. The highest BCUT2D eigenvalue weighted by Crippen LogP contribution is 2.17. The monoisotopic (exact) mass is 285 g/mol. The molecular formula is C14H11N3O4. The van der Waals surface area contributed by atoms with E-state index in [1.54, 1.807) is 30.4 Å². The third-order valence-electron chi connectivity index (χ3n) is 2.48. The van der Waals surface area contributed by atoms with Gasteiger partial charge in [0.15, 0.2) is 0 Å². The zero-order chi connectivity index (χ0) is 15.1. The van der Waals surface area contributed by atoms with Crippen molar-refractivity contribution in [2.45, 2.75) is 0 Å². The van der Waals surface area contributed by atoms with Crippen LogP contribution in [0.15, 0.2) is 58.3 Å². The molecule has 7 heteroatoms. The first-order valence-electron chi connectivity index (χ1n) is 5.95. The number of allylic oxidation sites excluding steroid dienone is 1. The van der Waals surface area contributed by atoms with E-state index in [2.05, 4.69) is 10.5 Å². The summed E-state index contributed by atoms with van der Waals surface area (Å²) < 4.78 is 5.06. The Morgan fingerprint density at radius 2 is 2.10 bits per heavy atom. The Morgan fingerprint density at radius 1 is 1.29 bits per heavy atom. The van der Waals surface area contributed by atoms with Crippen molar-refractivity contribution in [2.24, 2.45) is 5.10 Å². The van der Waals surface area contributed by atoms with Crippen molar-refractivity contribution in [1.82, 2.24) is 5.43 Å². The summed E-state index contributed by atoms with van der Waals surface area (Å²) in [5.74, 6) is -0.00331. The van der Waals surface area contributed by atoms with Crippen molar-refractivity contribution in [2.75, 3.05) is 0 Å². The Morgan fingerprint density at radius 3 is 2.81 bits per heavy atom. The molecule has 106 valence electrons. The van der Waals surface area contributed by atoms with Crippen LogP contribution in [-0.4, -0.2) is 17.0 Å². The van der Waals surface area contributed by atoms with Crippen LogP contribution in [0.5, 0.6) is 0 Å². The molecule has 2 aromatic rings. The number of nitrogens with one attached hydrogen (secondary N) is 1. The van der Waals surface area contributed by atoms with E-state index in [0.29, 0.717) is 5.76 Å². The van der Waals surface area contributed by atoms with Crippen molar-refractivity contribution < 1.29 is 14.1 Å². The van der Waals surface area contributed by atoms with Crippen molar-refractivity contribution in [1.29, 1.82) is 0 Å². The zero-order valence-electron chi connectivity index (χ0n) is 10.8. The lowest BCUT2D eigenvalue weighted by Crippen LogP contribution is -2.18. The molecule has 0 atom stereocenters. The highest BCUT2D eigenvalue weighted by Gasteiger charge is 2.18. The SMILES string of the molecule is O=C(N/N=C/C=C/c1ccco1)c1ccccc1[N+](=O)[O-]. The number of hydrazone groups is 1. The molecule has 0 saturated carbocycles. The van der Waals surface area contributed by atoms with Gasteiger partial charge in [-0.25, -0.2) is 5.43 Å². The van der Waals surface area contributed by atoms with E-state index in [-0.39, 0.29) is 11.3 Å². The van der Waals surface area contributed by atoms with E-state index in [1.807, 2.05) is 0 Å². The first-order valence-corrected chi connectivity index (χ1v) is 5.95. The van der Waals surface area contributed by atoms with E-state index in [1.165, 1.54) is 30.7 Å². The van der Waals surface area contributed by atoms with Gasteiger partial charge < -0.3 is 4.42 Å². The van der Waals surface area contributed by atoms with Crippen molar-refractivity contribution in [3.63, 3.8) is 0 Å². The smallest absolute Gasteiger partial charge is 0.282 e. The van der Waals surface area contributed by atoms with Gasteiger partial charge >= 0.3 is 0 Å². The third kappa shape index (κ3) is 3.87. The zero-order valence-corrected chi connectivity index (χ0v) is 10.8. The van der Waals surface area contributed by atoms with Gasteiger partial charge in [0.05, 0.1) is 11.2 Å². The summed E-state index contributed by atoms with van der Waals surface area (Å²) in [6.45, 7) is 0. The molecule has 2 rings (SSSR count). The van der Waals surface area contributed by atoms with Crippen LogP contribution in [0.2, 0.25) is 0 Å². The molecular weight excluding hydrogens is 274 g/mol. The van der Waals surface area contributed by atoms with E-state index in [0.717, 1.165) is 0 Å². The van der Waals surface area contributed by atoms with Gasteiger partial charge in [-0.2, -0.15) is 5.10 Å². The topological polar surface area (TPSA) is 97.7 Å². The van der Waals surface area contributed by atoms with Gasteiger partial charge in [0.2, 0.25) is 0 Å². The highest BCUT2D eigenvalue weighted by atomic mass is 16.6. The summed E-state index contributed by atoms with van der Waals surface area (Å²) in [4.78, 5) is 22.0. The quantitative estimate of drug-likeness (QED) is 0.518. The number of carbonyl (C=O) groups is 1. The highest BCUT2D eigenvalue weighted by molar-refractivity contribution is 5.98. The number of rotatable bonds is 5. The van der Waals surface area contributed by atoms with Gasteiger partial charge in [0.1, 0.15) is 11.3 Å². The molecule has 1 N–H and O–H groups in total. The van der Waals surface area contributed by atoms with Crippen LogP contribution in [0.3, 0.4) is 0 Å². The number of hydrogen-bond donors (Lipinski definition) is 1. The Kier molecular flexibility index (Phi) is 4.60. The lowest BCUT2D eigenvalue weighted by atomic mass is 10.2. The third-order valence-corrected chi connectivity index (χ3v) is 2.48.